The molecule has 3 aromatic carbocycles. The SMILES string of the molecule is CC(C)C(NC(=O)c1ccccc1)C(=O)NCC(c1ccc(N(C)C)cc1)c1c[nH]c2ccccc12. The zero-order valence-corrected chi connectivity index (χ0v) is 21.3. The Labute approximate surface area is 212 Å². The number of rotatable bonds is 9. The number of para-hydroxylation sites is 1. The third kappa shape index (κ3) is 5.60. The number of anilines is 1. The van der Waals surface area contributed by atoms with Crippen molar-refractivity contribution in [3.63, 3.8) is 0 Å². The number of nitrogens with zero attached hydrogens (tertiary/aromatic N) is 1. The van der Waals surface area contributed by atoms with E-state index < -0.39 is 6.04 Å². The molecule has 2 unspecified atom stereocenters. The van der Waals surface area contributed by atoms with Gasteiger partial charge in [-0.1, -0.05) is 62.4 Å². The van der Waals surface area contributed by atoms with Gasteiger partial charge in [-0.2, -0.15) is 0 Å². The summed E-state index contributed by atoms with van der Waals surface area (Å²) in [5.74, 6) is -0.566. The summed E-state index contributed by atoms with van der Waals surface area (Å²) >= 11 is 0. The molecule has 6 heteroatoms. The first-order valence-corrected chi connectivity index (χ1v) is 12.3. The summed E-state index contributed by atoms with van der Waals surface area (Å²) in [7, 11) is 4.03. The molecule has 4 rings (SSSR count). The second-order valence-electron chi connectivity index (χ2n) is 9.63. The van der Waals surface area contributed by atoms with Crippen molar-refractivity contribution in [1.29, 1.82) is 0 Å². The first-order valence-electron chi connectivity index (χ1n) is 12.3. The Morgan fingerprint density at radius 3 is 2.22 bits per heavy atom. The highest BCUT2D eigenvalue weighted by molar-refractivity contribution is 5.97. The predicted molar refractivity (Wildman–Crippen MR) is 146 cm³/mol. The molecule has 0 aliphatic heterocycles. The van der Waals surface area contributed by atoms with Crippen LogP contribution in [-0.2, 0) is 4.79 Å². The minimum absolute atomic E-state index is 0.0565. The van der Waals surface area contributed by atoms with Crippen LogP contribution in [0.4, 0.5) is 5.69 Å². The summed E-state index contributed by atoms with van der Waals surface area (Å²) in [6.07, 6.45) is 2.03. The van der Waals surface area contributed by atoms with Gasteiger partial charge in [0.25, 0.3) is 5.91 Å². The van der Waals surface area contributed by atoms with Crippen molar-refractivity contribution in [3.8, 4) is 0 Å². The Bertz CT molecular complexity index is 1310. The number of carbonyl (C=O) groups excluding carboxylic acids is 2. The van der Waals surface area contributed by atoms with Crippen LogP contribution < -0.4 is 15.5 Å². The lowest BCUT2D eigenvalue weighted by Crippen LogP contribution is -2.50. The molecule has 2 atom stereocenters. The average Bonchev–Trinajstić information content (AvgIpc) is 3.31. The lowest BCUT2D eigenvalue weighted by atomic mass is 9.90. The Hall–Kier alpha value is -4.06. The van der Waals surface area contributed by atoms with Crippen molar-refractivity contribution in [3.05, 3.63) is 102 Å². The molecule has 186 valence electrons. The zero-order chi connectivity index (χ0) is 25.7. The van der Waals surface area contributed by atoms with E-state index >= 15 is 0 Å². The van der Waals surface area contributed by atoms with E-state index in [1.807, 2.05) is 64.5 Å². The summed E-state index contributed by atoms with van der Waals surface area (Å²) in [4.78, 5) is 31.5. The molecule has 3 N–H and O–H groups in total. The quantitative estimate of drug-likeness (QED) is 0.316. The molecule has 0 aliphatic rings. The second kappa shape index (κ2) is 11.1. The van der Waals surface area contributed by atoms with Gasteiger partial charge in [-0.3, -0.25) is 9.59 Å². The van der Waals surface area contributed by atoms with Crippen LogP contribution in [0.15, 0.2) is 85.1 Å². The van der Waals surface area contributed by atoms with Gasteiger partial charge in [0.1, 0.15) is 6.04 Å². The van der Waals surface area contributed by atoms with Crippen molar-refractivity contribution in [2.24, 2.45) is 5.92 Å². The Morgan fingerprint density at radius 1 is 0.889 bits per heavy atom. The molecule has 0 spiro atoms. The Morgan fingerprint density at radius 2 is 1.56 bits per heavy atom. The second-order valence-corrected chi connectivity index (χ2v) is 9.63. The lowest BCUT2D eigenvalue weighted by Gasteiger charge is -2.24. The maximum atomic E-state index is 13.3. The van der Waals surface area contributed by atoms with Crippen LogP contribution in [0, 0.1) is 5.92 Å². The average molecular weight is 483 g/mol. The van der Waals surface area contributed by atoms with E-state index in [4.69, 9.17) is 0 Å². The highest BCUT2D eigenvalue weighted by Crippen LogP contribution is 2.31. The summed E-state index contributed by atoms with van der Waals surface area (Å²) in [5.41, 5.74) is 4.94. The molecule has 2 amide bonds. The van der Waals surface area contributed by atoms with Gasteiger partial charge in [-0.15, -0.1) is 0 Å². The number of hydrogen-bond donors (Lipinski definition) is 3. The molecule has 0 fully saturated rings. The van der Waals surface area contributed by atoms with E-state index in [0.29, 0.717) is 12.1 Å². The van der Waals surface area contributed by atoms with Gasteiger partial charge >= 0.3 is 0 Å². The number of amides is 2. The van der Waals surface area contributed by atoms with Crippen LogP contribution in [0.1, 0.15) is 41.3 Å². The van der Waals surface area contributed by atoms with Gasteiger partial charge in [0, 0.05) is 54.9 Å². The highest BCUT2D eigenvalue weighted by Gasteiger charge is 2.26. The summed E-state index contributed by atoms with van der Waals surface area (Å²) in [6, 6.07) is 24.9. The number of carbonyl (C=O) groups is 2. The van der Waals surface area contributed by atoms with Crippen molar-refractivity contribution in [2.75, 3.05) is 25.5 Å². The van der Waals surface area contributed by atoms with Crippen LogP contribution in [0.25, 0.3) is 10.9 Å². The first-order chi connectivity index (χ1) is 17.3. The first kappa shape index (κ1) is 25.0. The van der Waals surface area contributed by atoms with E-state index in [9.17, 15) is 9.59 Å². The lowest BCUT2D eigenvalue weighted by molar-refractivity contribution is -0.123. The van der Waals surface area contributed by atoms with Gasteiger partial charge in [0.2, 0.25) is 5.91 Å². The van der Waals surface area contributed by atoms with Crippen LogP contribution in [-0.4, -0.2) is 43.5 Å². The number of fused-ring (bicyclic) bond motifs is 1. The molecule has 4 aromatic rings. The third-order valence-electron chi connectivity index (χ3n) is 6.56. The van der Waals surface area contributed by atoms with Crippen molar-refractivity contribution >= 4 is 28.4 Å². The topological polar surface area (TPSA) is 77.2 Å². The molecule has 1 aromatic heterocycles. The number of nitrogens with one attached hydrogen (secondary N) is 3. The fourth-order valence-corrected chi connectivity index (χ4v) is 4.46. The predicted octanol–water partition coefficient (Wildman–Crippen LogP) is 4.94. The minimum Gasteiger partial charge on any atom is -0.378 e. The largest absolute Gasteiger partial charge is 0.378 e. The maximum absolute atomic E-state index is 13.3. The summed E-state index contributed by atoms with van der Waals surface area (Å²) in [6.45, 7) is 4.28. The van der Waals surface area contributed by atoms with Crippen LogP contribution in [0.5, 0.6) is 0 Å². The van der Waals surface area contributed by atoms with E-state index in [1.54, 1.807) is 12.1 Å². The molecule has 0 saturated carbocycles. The highest BCUT2D eigenvalue weighted by atomic mass is 16.2. The standard InChI is InChI=1S/C30H34N4O2/c1-20(2)28(33-29(35)22-10-6-5-7-11-22)30(36)32-18-25(21-14-16-23(17-15-21)34(3)4)26-19-31-27-13-9-8-12-24(26)27/h5-17,19-20,25,28,31H,18H2,1-4H3,(H,32,36)(H,33,35). The van der Waals surface area contributed by atoms with E-state index in [0.717, 1.165) is 27.7 Å². The van der Waals surface area contributed by atoms with Gasteiger partial charge in [0.15, 0.2) is 0 Å². The molecule has 36 heavy (non-hydrogen) atoms. The van der Waals surface area contributed by atoms with Gasteiger partial charge in [-0.05, 0) is 47.4 Å². The Balaban J connectivity index is 1.57. The smallest absolute Gasteiger partial charge is 0.251 e. The van der Waals surface area contributed by atoms with E-state index in [2.05, 4.69) is 56.9 Å². The molecule has 0 saturated heterocycles. The molecule has 0 bridgehead atoms. The van der Waals surface area contributed by atoms with Gasteiger partial charge in [-0.25, -0.2) is 0 Å². The molecule has 1 heterocycles. The fourth-order valence-electron chi connectivity index (χ4n) is 4.46. The summed E-state index contributed by atoms with van der Waals surface area (Å²) < 4.78 is 0. The molecular formula is C30H34N4O2. The minimum atomic E-state index is -0.641. The van der Waals surface area contributed by atoms with Crippen molar-refractivity contribution in [2.45, 2.75) is 25.8 Å². The molecule has 0 aliphatic carbocycles. The molecular weight excluding hydrogens is 448 g/mol. The van der Waals surface area contributed by atoms with E-state index in [1.165, 1.54) is 0 Å². The van der Waals surface area contributed by atoms with Crippen LogP contribution in [0.3, 0.4) is 0 Å². The van der Waals surface area contributed by atoms with Crippen molar-refractivity contribution < 1.29 is 9.59 Å². The van der Waals surface area contributed by atoms with Crippen LogP contribution in [0.2, 0.25) is 0 Å². The fraction of sp³-hybridized carbons (Fsp3) is 0.267. The number of aromatic amines is 1. The van der Waals surface area contributed by atoms with Crippen molar-refractivity contribution in [1.82, 2.24) is 15.6 Å². The molecule has 6 nitrogen and oxygen atoms in total. The number of benzene rings is 3. The monoisotopic (exact) mass is 482 g/mol. The number of hydrogen-bond acceptors (Lipinski definition) is 3. The van der Waals surface area contributed by atoms with E-state index in [-0.39, 0.29) is 23.7 Å². The van der Waals surface area contributed by atoms with Gasteiger partial charge < -0.3 is 20.5 Å². The number of aromatic nitrogens is 1. The Kier molecular flexibility index (Phi) is 7.74. The van der Waals surface area contributed by atoms with Gasteiger partial charge in [0.05, 0.1) is 0 Å². The maximum Gasteiger partial charge on any atom is 0.251 e. The summed E-state index contributed by atoms with van der Waals surface area (Å²) in [5, 5.41) is 7.18. The van der Waals surface area contributed by atoms with Crippen LogP contribution >= 0.6 is 0 Å². The number of H-pyrrole nitrogens is 1. The molecule has 0 radical (unpaired) electrons. The zero-order valence-electron chi connectivity index (χ0n) is 21.3. The normalized spacial score (nSPS) is 12.8. The third-order valence-corrected chi connectivity index (χ3v) is 6.56.